The molecule has 0 aromatic heterocycles. The Morgan fingerprint density at radius 3 is 2.03 bits per heavy atom. The summed E-state index contributed by atoms with van der Waals surface area (Å²) < 4.78 is 26.3. The van der Waals surface area contributed by atoms with Crippen LogP contribution in [0.25, 0.3) is 0 Å². The number of carbonyl (C=O) groups excluding carboxylic acids is 6. The van der Waals surface area contributed by atoms with Gasteiger partial charge in [-0.15, -0.1) is 0 Å². The van der Waals surface area contributed by atoms with Crippen molar-refractivity contribution in [3.63, 3.8) is 0 Å². The van der Waals surface area contributed by atoms with Crippen LogP contribution >= 0.6 is 11.8 Å². The van der Waals surface area contributed by atoms with Gasteiger partial charge >= 0.3 is 29.8 Å². The van der Waals surface area contributed by atoms with Crippen LogP contribution in [0.2, 0.25) is 0 Å². The summed E-state index contributed by atoms with van der Waals surface area (Å²) in [4.78, 5) is 69.7. The first-order valence-electron chi connectivity index (χ1n) is 9.13. The number of esters is 4. The fourth-order valence-electron chi connectivity index (χ4n) is 2.79. The van der Waals surface area contributed by atoms with Gasteiger partial charge < -0.3 is 23.7 Å². The minimum Gasteiger partial charge on any atom is -0.463 e. The Hall–Kier alpha value is -2.67. The van der Waals surface area contributed by atoms with Crippen LogP contribution in [-0.4, -0.2) is 71.5 Å². The summed E-state index contributed by atoms with van der Waals surface area (Å²) in [5, 5.41) is 2.05. The van der Waals surface area contributed by atoms with Crippen molar-refractivity contribution in [3.8, 4) is 0 Å². The first-order valence-corrected chi connectivity index (χ1v) is 10.1. The highest BCUT2D eigenvalue weighted by Crippen LogP contribution is 2.33. The van der Waals surface area contributed by atoms with Gasteiger partial charge in [0.05, 0.1) is 12.2 Å². The second-order valence-electron chi connectivity index (χ2n) is 6.56. The number of thioether (sulfide) groups is 1. The smallest absolute Gasteiger partial charge is 0.306 e. The average molecular weight is 463 g/mol. The lowest BCUT2D eigenvalue weighted by Crippen LogP contribution is -2.66. The minimum absolute atomic E-state index is 0.304. The quantitative estimate of drug-likeness (QED) is 0.287. The van der Waals surface area contributed by atoms with Crippen LogP contribution < -0.4 is 5.32 Å². The molecule has 0 radical (unpaired) electrons. The Bertz CT molecular complexity index is 740. The van der Waals surface area contributed by atoms with Crippen molar-refractivity contribution >= 4 is 46.7 Å². The molecule has 13 heteroatoms. The standard InChI is InChI=1S/C18H25NO11S/c1-9(20)26-7-15-17(28-11(3)22)14(27-10(2)21)6-18(30-15,29-12(4)23)19-16(25)8-31-13(5)24/h14-15,17H,6-8H2,1-5H3,(H,19,25)/t14-,15-,17+,18?/m1/s1. The first-order chi connectivity index (χ1) is 14.3. The maximum atomic E-state index is 12.3. The second-order valence-corrected chi connectivity index (χ2v) is 7.71. The van der Waals surface area contributed by atoms with Crippen LogP contribution in [-0.2, 0) is 52.5 Å². The van der Waals surface area contributed by atoms with Crippen molar-refractivity contribution in [2.24, 2.45) is 0 Å². The Labute approximate surface area is 182 Å². The third-order valence-corrected chi connectivity index (χ3v) is 4.47. The van der Waals surface area contributed by atoms with Gasteiger partial charge in [0.15, 0.2) is 11.2 Å². The molecule has 1 aliphatic rings. The van der Waals surface area contributed by atoms with Crippen molar-refractivity contribution in [1.29, 1.82) is 0 Å². The fraction of sp³-hybridized carbons (Fsp3) is 0.667. The van der Waals surface area contributed by atoms with E-state index in [2.05, 4.69) is 5.32 Å². The lowest BCUT2D eigenvalue weighted by atomic mass is 9.98. The molecule has 1 rings (SSSR count). The van der Waals surface area contributed by atoms with E-state index in [1.165, 1.54) is 6.92 Å². The molecular weight excluding hydrogens is 438 g/mol. The summed E-state index contributed by atoms with van der Waals surface area (Å²) in [5.41, 5.74) is 0. The molecule has 0 aromatic rings. The molecule has 0 aromatic carbocycles. The Kier molecular flexibility index (Phi) is 9.91. The molecular formula is C18H25NO11S. The van der Waals surface area contributed by atoms with Crippen molar-refractivity contribution in [2.45, 2.75) is 65.3 Å². The Morgan fingerprint density at radius 2 is 1.55 bits per heavy atom. The minimum atomic E-state index is -2.14. The van der Waals surface area contributed by atoms with Gasteiger partial charge in [0.2, 0.25) is 5.91 Å². The number of rotatable bonds is 8. The van der Waals surface area contributed by atoms with Gasteiger partial charge in [-0.05, 0) is 0 Å². The monoisotopic (exact) mass is 463 g/mol. The van der Waals surface area contributed by atoms with Crippen molar-refractivity contribution in [3.05, 3.63) is 0 Å². The number of carbonyl (C=O) groups is 6. The number of hydrogen-bond donors (Lipinski definition) is 1. The SMILES string of the molecule is CC(=O)OC[C@H]1OC(NC(=O)CSC(C)=O)(OC(C)=O)C[C@@H](OC(C)=O)[C@@H]1OC(C)=O. The highest BCUT2D eigenvalue weighted by Gasteiger charge is 2.54. The van der Waals surface area contributed by atoms with E-state index in [0.29, 0.717) is 11.8 Å². The van der Waals surface area contributed by atoms with E-state index in [1.54, 1.807) is 0 Å². The van der Waals surface area contributed by atoms with Gasteiger partial charge in [-0.1, -0.05) is 11.8 Å². The van der Waals surface area contributed by atoms with Gasteiger partial charge in [-0.2, -0.15) is 0 Å². The number of amides is 1. The molecule has 1 N–H and O–H groups in total. The number of hydrogen-bond acceptors (Lipinski definition) is 12. The third-order valence-electron chi connectivity index (χ3n) is 3.66. The summed E-state index contributed by atoms with van der Waals surface area (Å²) >= 11 is 0.710. The van der Waals surface area contributed by atoms with E-state index in [-0.39, 0.29) is 10.9 Å². The molecule has 0 spiro atoms. The normalized spacial score (nSPS) is 25.0. The van der Waals surface area contributed by atoms with E-state index in [0.717, 1.165) is 27.7 Å². The highest BCUT2D eigenvalue weighted by atomic mass is 32.2. The van der Waals surface area contributed by atoms with Gasteiger partial charge in [0, 0.05) is 34.6 Å². The molecule has 31 heavy (non-hydrogen) atoms. The molecule has 1 saturated heterocycles. The molecule has 1 amide bonds. The van der Waals surface area contributed by atoms with Crippen molar-refractivity contribution < 1.29 is 52.5 Å². The molecule has 12 nitrogen and oxygen atoms in total. The van der Waals surface area contributed by atoms with Gasteiger partial charge in [0.1, 0.15) is 18.8 Å². The Balaban J connectivity index is 3.30. The second kappa shape index (κ2) is 11.6. The molecule has 4 atom stereocenters. The summed E-state index contributed by atoms with van der Waals surface area (Å²) in [6, 6.07) is 0. The summed E-state index contributed by atoms with van der Waals surface area (Å²) in [6.07, 6.45) is -4.16. The fourth-order valence-corrected chi connectivity index (χ4v) is 3.20. The molecule has 1 aliphatic heterocycles. The van der Waals surface area contributed by atoms with Crippen LogP contribution in [0, 0.1) is 0 Å². The molecule has 1 fully saturated rings. The molecule has 0 aliphatic carbocycles. The summed E-state index contributed by atoms with van der Waals surface area (Å²) in [7, 11) is 0. The first kappa shape index (κ1) is 26.4. The van der Waals surface area contributed by atoms with E-state index in [4.69, 9.17) is 23.7 Å². The van der Waals surface area contributed by atoms with Gasteiger partial charge in [-0.3, -0.25) is 34.1 Å². The highest BCUT2D eigenvalue weighted by molar-refractivity contribution is 8.14. The Morgan fingerprint density at radius 1 is 0.935 bits per heavy atom. The van der Waals surface area contributed by atoms with E-state index < -0.39 is 67.0 Å². The van der Waals surface area contributed by atoms with E-state index in [9.17, 15) is 28.8 Å². The molecule has 1 heterocycles. The molecule has 174 valence electrons. The summed E-state index contributed by atoms with van der Waals surface area (Å²) in [5.74, 6) is -6.17. The third kappa shape index (κ3) is 9.34. The molecule has 0 bridgehead atoms. The average Bonchev–Trinajstić information content (AvgIpc) is 2.59. The maximum absolute atomic E-state index is 12.3. The van der Waals surface area contributed by atoms with Gasteiger partial charge in [0.25, 0.3) is 0 Å². The number of ether oxygens (including phenoxy) is 5. The molecule has 0 saturated carbocycles. The molecule has 1 unspecified atom stereocenters. The maximum Gasteiger partial charge on any atom is 0.306 e. The lowest BCUT2D eigenvalue weighted by molar-refractivity contribution is -0.322. The predicted molar refractivity (Wildman–Crippen MR) is 103 cm³/mol. The summed E-state index contributed by atoms with van der Waals surface area (Å²) in [6.45, 7) is 5.22. The van der Waals surface area contributed by atoms with E-state index in [1.807, 2.05) is 0 Å². The zero-order valence-electron chi connectivity index (χ0n) is 17.8. The topological polar surface area (TPSA) is 161 Å². The predicted octanol–water partition coefficient (Wildman–Crippen LogP) is -0.185. The zero-order chi connectivity index (χ0) is 23.8. The van der Waals surface area contributed by atoms with Crippen molar-refractivity contribution in [2.75, 3.05) is 12.4 Å². The van der Waals surface area contributed by atoms with Gasteiger partial charge in [-0.25, -0.2) is 0 Å². The number of nitrogens with one attached hydrogen (secondary N) is 1. The van der Waals surface area contributed by atoms with E-state index >= 15 is 0 Å². The van der Waals surface area contributed by atoms with Crippen LogP contribution in [0.5, 0.6) is 0 Å². The van der Waals surface area contributed by atoms with Crippen LogP contribution in [0.3, 0.4) is 0 Å². The lowest BCUT2D eigenvalue weighted by Gasteiger charge is -2.45. The largest absolute Gasteiger partial charge is 0.463 e. The van der Waals surface area contributed by atoms with Crippen LogP contribution in [0.1, 0.15) is 41.0 Å². The van der Waals surface area contributed by atoms with Crippen LogP contribution in [0.4, 0.5) is 0 Å². The zero-order valence-corrected chi connectivity index (χ0v) is 18.6. The van der Waals surface area contributed by atoms with Crippen molar-refractivity contribution in [1.82, 2.24) is 5.32 Å². The van der Waals surface area contributed by atoms with Crippen LogP contribution in [0.15, 0.2) is 0 Å².